The lowest BCUT2D eigenvalue weighted by molar-refractivity contribution is 0.542. The first-order valence-corrected chi connectivity index (χ1v) is 12.6. The smallest absolute Gasteiger partial charge is 0.0705 e. The number of aromatic nitrogens is 1. The Hall–Kier alpha value is -2.93. The van der Waals surface area contributed by atoms with Crippen LogP contribution < -0.4 is 0 Å². The van der Waals surface area contributed by atoms with Crippen molar-refractivity contribution in [1.29, 1.82) is 0 Å². The van der Waals surface area contributed by atoms with Gasteiger partial charge in [0.25, 0.3) is 0 Å². The van der Waals surface area contributed by atoms with Gasteiger partial charge < -0.3 is 0 Å². The van der Waals surface area contributed by atoms with Gasteiger partial charge in [-0.3, -0.25) is 4.98 Å². The number of para-hydroxylation sites is 1. The second-order valence-corrected chi connectivity index (χ2v) is 11.9. The lowest BCUT2D eigenvalue weighted by Crippen LogP contribution is -2.19. The maximum atomic E-state index is 5.16. The summed E-state index contributed by atoms with van der Waals surface area (Å²) >= 11 is 0. The summed E-state index contributed by atoms with van der Waals surface area (Å²) in [5.41, 5.74) is 8.04. The summed E-state index contributed by atoms with van der Waals surface area (Å²) in [5.74, 6) is 0.618. The van der Waals surface area contributed by atoms with E-state index < -0.39 is 0 Å². The zero-order valence-electron chi connectivity index (χ0n) is 21.9. The standard InChI is InChI=1S/C33H39N/c1-23(26-20-27(32(2,3)4)22-28(21-26)33(5,6)7)29(19-24-13-9-8-10-14-24)31-18-17-25-15-11-12-16-30(25)34-31/h8-18,20-23,29H,19H2,1-7H3/t23-,29+/m1/s1. The number of fused-ring (bicyclic) bond motifs is 1. The summed E-state index contributed by atoms with van der Waals surface area (Å²) in [4.78, 5) is 5.16. The van der Waals surface area contributed by atoms with Crippen molar-refractivity contribution >= 4 is 10.9 Å². The van der Waals surface area contributed by atoms with Crippen LogP contribution in [0.3, 0.4) is 0 Å². The Morgan fingerprint density at radius 3 is 1.88 bits per heavy atom. The second kappa shape index (κ2) is 9.37. The van der Waals surface area contributed by atoms with Crippen LogP contribution in [0.2, 0.25) is 0 Å². The summed E-state index contributed by atoms with van der Waals surface area (Å²) in [7, 11) is 0. The molecule has 0 N–H and O–H groups in total. The van der Waals surface area contributed by atoms with Crippen molar-refractivity contribution in [3.63, 3.8) is 0 Å². The van der Waals surface area contributed by atoms with E-state index in [-0.39, 0.29) is 16.7 Å². The van der Waals surface area contributed by atoms with Crippen LogP contribution in [0.1, 0.15) is 88.2 Å². The molecule has 0 saturated heterocycles. The Bertz CT molecular complexity index is 1220. The molecule has 4 aromatic rings. The number of nitrogens with zero attached hydrogens (tertiary/aromatic N) is 1. The normalized spacial score (nSPS) is 14.2. The molecule has 0 saturated carbocycles. The van der Waals surface area contributed by atoms with Gasteiger partial charge in [0, 0.05) is 17.0 Å². The predicted octanol–water partition coefficient (Wildman–Crippen LogP) is 8.96. The van der Waals surface area contributed by atoms with Crippen LogP contribution in [0.4, 0.5) is 0 Å². The minimum Gasteiger partial charge on any atom is -0.253 e. The number of rotatable bonds is 5. The Morgan fingerprint density at radius 2 is 1.26 bits per heavy atom. The fraction of sp³-hybridized carbons (Fsp3) is 0.364. The Labute approximate surface area is 206 Å². The van der Waals surface area contributed by atoms with E-state index in [2.05, 4.69) is 133 Å². The first-order chi connectivity index (χ1) is 16.0. The van der Waals surface area contributed by atoms with Gasteiger partial charge in [0.15, 0.2) is 0 Å². The highest BCUT2D eigenvalue weighted by Crippen LogP contribution is 2.39. The molecule has 34 heavy (non-hydrogen) atoms. The van der Waals surface area contributed by atoms with Crippen molar-refractivity contribution in [1.82, 2.24) is 4.98 Å². The SMILES string of the molecule is C[C@H](c1cc(C(C)(C)C)cc(C(C)(C)C)c1)[C@H](Cc1ccccc1)c1ccc2ccccc2n1. The molecule has 1 aromatic heterocycles. The van der Waals surface area contributed by atoms with E-state index in [4.69, 9.17) is 4.98 Å². The molecule has 1 heterocycles. The van der Waals surface area contributed by atoms with E-state index in [0.717, 1.165) is 11.9 Å². The summed E-state index contributed by atoms with van der Waals surface area (Å²) < 4.78 is 0. The fourth-order valence-corrected chi connectivity index (χ4v) is 4.71. The third kappa shape index (κ3) is 5.41. The molecule has 0 amide bonds. The molecule has 0 radical (unpaired) electrons. The molecule has 0 bridgehead atoms. The van der Waals surface area contributed by atoms with Gasteiger partial charge in [-0.1, -0.05) is 121 Å². The highest BCUT2D eigenvalue weighted by atomic mass is 14.7. The zero-order chi connectivity index (χ0) is 24.5. The second-order valence-electron chi connectivity index (χ2n) is 11.9. The summed E-state index contributed by atoms with van der Waals surface area (Å²) in [6.07, 6.45) is 0.970. The number of pyridine rings is 1. The number of hydrogen-bond donors (Lipinski definition) is 0. The molecule has 0 aliphatic heterocycles. The molecule has 1 nitrogen and oxygen atoms in total. The zero-order valence-corrected chi connectivity index (χ0v) is 21.9. The average molecular weight is 450 g/mol. The third-order valence-electron chi connectivity index (χ3n) is 7.12. The maximum Gasteiger partial charge on any atom is 0.0705 e. The molecule has 0 unspecified atom stereocenters. The van der Waals surface area contributed by atoms with Gasteiger partial charge in [-0.2, -0.15) is 0 Å². The van der Waals surface area contributed by atoms with Gasteiger partial charge in [0.1, 0.15) is 0 Å². The minimum absolute atomic E-state index is 0.103. The molecule has 1 heteroatoms. The van der Waals surface area contributed by atoms with Crippen LogP contribution in [-0.2, 0) is 17.3 Å². The van der Waals surface area contributed by atoms with Crippen LogP contribution >= 0.6 is 0 Å². The Kier molecular flexibility index (Phi) is 6.67. The Morgan fingerprint density at radius 1 is 0.676 bits per heavy atom. The van der Waals surface area contributed by atoms with Crippen molar-refractivity contribution in [2.24, 2.45) is 0 Å². The number of benzene rings is 3. The van der Waals surface area contributed by atoms with Crippen LogP contribution in [0.25, 0.3) is 10.9 Å². The maximum absolute atomic E-state index is 5.16. The van der Waals surface area contributed by atoms with E-state index in [1.54, 1.807) is 0 Å². The fourth-order valence-electron chi connectivity index (χ4n) is 4.71. The van der Waals surface area contributed by atoms with Crippen LogP contribution in [0.15, 0.2) is 84.9 Å². The van der Waals surface area contributed by atoms with E-state index in [1.165, 1.54) is 33.3 Å². The first kappa shape index (κ1) is 24.2. The van der Waals surface area contributed by atoms with Crippen molar-refractivity contribution < 1.29 is 0 Å². The van der Waals surface area contributed by atoms with E-state index >= 15 is 0 Å². The average Bonchev–Trinajstić information content (AvgIpc) is 2.81. The topological polar surface area (TPSA) is 12.9 Å². The van der Waals surface area contributed by atoms with Crippen molar-refractivity contribution in [2.45, 2.75) is 77.6 Å². The van der Waals surface area contributed by atoms with Gasteiger partial charge in [0.05, 0.1) is 5.52 Å². The lowest BCUT2D eigenvalue weighted by atomic mass is 9.75. The molecule has 2 atom stereocenters. The minimum atomic E-state index is 0.103. The van der Waals surface area contributed by atoms with Crippen LogP contribution in [0.5, 0.6) is 0 Å². The molecule has 4 rings (SSSR count). The summed E-state index contributed by atoms with van der Waals surface area (Å²) in [6.45, 7) is 16.3. The highest BCUT2D eigenvalue weighted by Gasteiger charge is 2.27. The van der Waals surface area contributed by atoms with Gasteiger partial charge in [-0.05, 0) is 57.6 Å². The molecule has 0 spiro atoms. The Balaban J connectivity index is 1.84. The van der Waals surface area contributed by atoms with Crippen LogP contribution in [0, 0.1) is 0 Å². The highest BCUT2D eigenvalue weighted by molar-refractivity contribution is 5.78. The van der Waals surface area contributed by atoms with Crippen molar-refractivity contribution in [3.05, 3.63) is 113 Å². The molecule has 176 valence electrons. The van der Waals surface area contributed by atoms with Gasteiger partial charge in [-0.15, -0.1) is 0 Å². The molecule has 0 aliphatic rings. The van der Waals surface area contributed by atoms with Crippen LogP contribution in [-0.4, -0.2) is 4.98 Å². The quantitative estimate of drug-likeness (QED) is 0.296. The van der Waals surface area contributed by atoms with Gasteiger partial charge in [-0.25, -0.2) is 0 Å². The first-order valence-electron chi connectivity index (χ1n) is 12.6. The van der Waals surface area contributed by atoms with E-state index in [1.807, 2.05) is 0 Å². The largest absolute Gasteiger partial charge is 0.253 e. The summed E-state index contributed by atoms with van der Waals surface area (Å²) in [5, 5.41) is 1.20. The van der Waals surface area contributed by atoms with E-state index in [9.17, 15) is 0 Å². The number of hydrogen-bond acceptors (Lipinski definition) is 1. The molecular formula is C33H39N. The third-order valence-corrected chi connectivity index (χ3v) is 7.12. The van der Waals surface area contributed by atoms with Gasteiger partial charge in [0.2, 0.25) is 0 Å². The molecule has 0 fully saturated rings. The van der Waals surface area contributed by atoms with E-state index in [0.29, 0.717) is 5.92 Å². The molecule has 3 aromatic carbocycles. The van der Waals surface area contributed by atoms with Gasteiger partial charge >= 0.3 is 0 Å². The van der Waals surface area contributed by atoms with Crippen molar-refractivity contribution in [3.8, 4) is 0 Å². The molecule has 0 aliphatic carbocycles. The monoisotopic (exact) mass is 449 g/mol. The summed E-state index contributed by atoms with van der Waals surface area (Å²) in [6, 6.07) is 31.1. The van der Waals surface area contributed by atoms with Crippen molar-refractivity contribution in [2.75, 3.05) is 0 Å². The molecular weight excluding hydrogens is 410 g/mol. The lowest BCUT2D eigenvalue weighted by Gasteiger charge is -2.30. The predicted molar refractivity (Wildman–Crippen MR) is 147 cm³/mol.